The van der Waals surface area contributed by atoms with Gasteiger partial charge in [-0.15, -0.1) is 0 Å². The van der Waals surface area contributed by atoms with Crippen molar-refractivity contribution < 1.29 is 17.9 Å². The van der Waals surface area contributed by atoms with Crippen LogP contribution in [0.2, 0.25) is 0 Å². The largest absolute Gasteiger partial charge is 0.424 e. The number of para-hydroxylation sites is 2. The molecule has 0 aliphatic rings. The molecule has 0 bridgehead atoms. The van der Waals surface area contributed by atoms with Gasteiger partial charge in [0.15, 0.2) is 5.75 Å². The van der Waals surface area contributed by atoms with Gasteiger partial charge < -0.3 is 4.74 Å². The lowest BCUT2D eigenvalue weighted by atomic mass is 10.3. The molecule has 0 radical (unpaired) electrons. The van der Waals surface area contributed by atoms with Crippen LogP contribution in [0.4, 0.5) is 5.69 Å². The average molecular weight is 229 g/mol. The first-order valence-electron chi connectivity index (χ1n) is 4.14. The number of benzene rings is 1. The molecule has 5 nitrogen and oxygen atoms in total. The number of nitrogens with one attached hydrogen (secondary N) is 1. The van der Waals surface area contributed by atoms with Crippen molar-refractivity contribution >= 4 is 21.7 Å². The van der Waals surface area contributed by atoms with Crippen LogP contribution in [0, 0.1) is 0 Å². The predicted octanol–water partition coefficient (Wildman–Crippen LogP) is 0.983. The van der Waals surface area contributed by atoms with Crippen LogP contribution in [0.5, 0.6) is 5.75 Å². The summed E-state index contributed by atoms with van der Waals surface area (Å²) in [5, 5.41) is 0. The van der Waals surface area contributed by atoms with E-state index < -0.39 is 16.0 Å². The van der Waals surface area contributed by atoms with E-state index in [9.17, 15) is 13.2 Å². The van der Waals surface area contributed by atoms with E-state index in [-0.39, 0.29) is 11.4 Å². The molecule has 0 aromatic heterocycles. The van der Waals surface area contributed by atoms with Gasteiger partial charge in [0.05, 0.1) is 11.9 Å². The molecule has 0 amide bonds. The van der Waals surface area contributed by atoms with Crippen molar-refractivity contribution in [1.82, 2.24) is 0 Å². The third-order valence-electron chi connectivity index (χ3n) is 1.44. The number of sulfonamides is 1. The molecule has 0 fully saturated rings. The number of hydrogen-bond acceptors (Lipinski definition) is 4. The fourth-order valence-corrected chi connectivity index (χ4v) is 1.56. The number of carbonyl (C=O) groups excluding carboxylic acids is 1. The first-order chi connectivity index (χ1) is 6.88. The van der Waals surface area contributed by atoms with Gasteiger partial charge in [-0.2, -0.15) is 0 Å². The van der Waals surface area contributed by atoms with Gasteiger partial charge >= 0.3 is 5.97 Å². The minimum Gasteiger partial charge on any atom is -0.424 e. The summed E-state index contributed by atoms with van der Waals surface area (Å²) in [5.41, 5.74) is 0.246. The Morgan fingerprint density at radius 2 is 1.93 bits per heavy atom. The van der Waals surface area contributed by atoms with Gasteiger partial charge in [0.25, 0.3) is 0 Å². The Hall–Kier alpha value is -1.56. The number of anilines is 1. The number of rotatable bonds is 3. The molecule has 0 heterocycles. The average Bonchev–Trinajstić information content (AvgIpc) is 2.05. The van der Waals surface area contributed by atoms with E-state index in [1.807, 2.05) is 0 Å². The SMILES string of the molecule is CC(=O)Oc1ccccc1NS(C)(=O)=O. The summed E-state index contributed by atoms with van der Waals surface area (Å²) < 4.78 is 29.0. The summed E-state index contributed by atoms with van der Waals surface area (Å²) in [6, 6.07) is 6.31. The molecular formula is C9H11NO4S. The number of ether oxygens (including phenoxy) is 1. The zero-order valence-corrected chi connectivity index (χ0v) is 9.17. The Bertz CT molecular complexity index is 467. The highest BCUT2D eigenvalue weighted by molar-refractivity contribution is 7.92. The summed E-state index contributed by atoms with van der Waals surface area (Å²) in [6.07, 6.45) is 1.03. The Balaban J connectivity index is 3.01. The van der Waals surface area contributed by atoms with Gasteiger partial charge in [-0.05, 0) is 12.1 Å². The maximum absolute atomic E-state index is 11.0. The molecular weight excluding hydrogens is 218 g/mol. The van der Waals surface area contributed by atoms with E-state index in [0.717, 1.165) is 6.26 Å². The van der Waals surface area contributed by atoms with Crippen LogP contribution < -0.4 is 9.46 Å². The van der Waals surface area contributed by atoms with Crippen LogP contribution in [-0.2, 0) is 14.8 Å². The van der Waals surface area contributed by atoms with Gasteiger partial charge in [0.2, 0.25) is 10.0 Å². The highest BCUT2D eigenvalue weighted by atomic mass is 32.2. The van der Waals surface area contributed by atoms with Crippen LogP contribution in [0.15, 0.2) is 24.3 Å². The van der Waals surface area contributed by atoms with Crippen LogP contribution in [0.1, 0.15) is 6.92 Å². The zero-order valence-electron chi connectivity index (χ0n) is 8.35. The third kappa shape index (κ3) is 3.99. The van der Waals surface area contributed by atoms with E-state index in [2.05, 4.69) is 4.72 Å². The summed E-state index contributed by atoms with van der Waals surface area (Å²) in [7, 11) is -3.38. The molecule has 15 heavy (non-hydrogen) atoms. The van der Waals surface area contributed by atoms with Crippen molar-refractivity contribution in [2.75, 3.05) is 11.0 Å². The first kappa shape index (κ1) is 11.5. The Labute approximate surface area is 88.1 Å². The van der Waals surface area contributed by atoms with Crippen molar-refractivity contribution in [3.8, 4) is 5.75 Å². The second-order valence-electron chi connectivity index (χ2n) is 2.96. The quantitative estimate of drug-likeness (QED) is 0.619. The molecule has 1 aromatic carbocycles. The number of carbonyl (C=O) groups is 1. The van der Waals surface area contributed by atoms with Crippen molar-refractivity contribution in [3.63, 3.8) is 0 Å². The lowest BCUT2D eigenvalue weighted by molar-refractivity contribution is -0.131. The summed E-state index contributed by atoms with van der Waals surface area (Å²) in [6.45, 7) is 1.25. The smallest absolute Gasteiger partial charge is 0.308 e. The van der Waals surface area contributed by atoms with Gasteiger partial charge in [0, 0.05) is 6.92 Å². The van der Waals surface area contributed by atoms with Gasteiger partial charge in [-0.3, -0.25) is 9.52 Å². The summed E-state index contributed by atoms with van der Waals surface area (Å²) >= 11 is 0. The lowest BCUT2D eigenvalue weighted by Crippen LogP contribution is -2.12. The summed E-state index contributed by atoms with van der Waals surface area (Å²) in [5.74, 6) is -0.312. The zero-order chi connectivity index (χ0) is 11.5. The van der Waals surface area contributed by atoms with Crippen LogP contribution >= 0.6 is 0 Å². The minimum atomic E-state index is -3.38. The fraction of sp³-hybridized carbons (Fsp3) is 0.222. The van der Waals surface area contributed by atoms with E-state index in [0.29, 0.717) is 0 Å². The third-order valence-corrected chi connectivity index (χ3v) is 2.03. The monoisotopic (exact) mass is 229 g/mol. The van der Waals surface area contributed by atoms with Gasteiger partial charge in [-0.1, -0.05) is 12.1 Å². The van der Waals surface area contributed by atoms with Crippen molar-refractivity contribution in [2.45, 2.75) is 6.92 Å². The van der Waals surface area contributed by atoms with Crippen molar-refractivity contribution in [1.29, 1.82) is 0 Å². The highest BCUT2D eigenvalue weighted by Crippen LogP contribution is 2.24. The lowest BCUT2D eigenvalue weighted by Gasteiger charge is -2.09. The van der Waals surface area contributed by atoms with E-state index in [1.165, 1.54) is 19.1 Å². The van der Waals surface area contributed by atoms with E-state index >= 15 is 0 Å². The predicted molar refractivity (Wildman–Crippen MR) is 56.2 cm³/mol. The van der Waals surface area contributed by atoms with Crippen molar-refractivity contribution in [2.24, 2.45) is 0 Å². The molecule has 1 rings (SSSR count). The molecule has 0 aliphatic carbocycles. The van der Waals surface area contributed by atoms with Crippen LogP contribution in [-0.4, -0.2) is 20.6 Å². The van der Waals surface area contributed by atoms with Crippen LogP contribution in [0.25, 0.3) is 0 Å². The molecule has 0 saturated carbocycles. The van der Waals surface area contributed by atoms with Crippen LogP contribution in [0.3, 0.4) is 0 Å². The second kappa shape index (κ2) is 4.31. The Kier molecular flexibility index (Phi) is 3.31. The molecule has 0 spiro atoms. The molecule has 0 aliphatic heterocycles. The van der Waals surface area contributed by atoms with Gasteiger partial charge in [0.1, 0.15) is 0 Å². The van der Waals surface area contributed by atoms with Gasteiger partial charge in [-0.25, -0.2) is 8.42 Å². The standard InChI is InChI=1S/C9H11NO4S/c1-7(11)14-9-6-4-3-5-8(9)10-15(2,12)13/h3-6,10H,1-2H3. The summed E-state index contributed by atoms with van der Waals surface area (Å²) in [4.78, 5) is 10.7. The van der Waals surface area contributed by atoms with Crippen molar-refractivity contribution in [3.05, 3.63) is 24.3 Å². The number of esters is 1. The Morgan fingerprint density at radius 1 is 1.33 bits per heavy atom. The fourth-order valence-electron chi connectivity index (χ4n) is 0.995. The molecule has 1 aromatic rings. The molecule has 1 N–H and O–H groups in total. The normalized spacial score (nSPS) is 10.8. The maximum atomic E-state index is 11.0. The van der Waals surface area contributed by atoms with E-state index in [1.54, 1.807) is 12.1 Å². The molecule has 0 atom stereocenters. The maximum Gasteiger partial charge on any atom is 0.308 e. The highest BCUT2D eigenvalue weighted by Gasteiger charge is 2.08. The second-order valence-corrected chi connectivity index (χ2v) is 4.71. The van der Waals surface area contributed by atoms with E-state index in [4.69, 9.17) is 4.74 Å². The minimum absolute atomic E-state index is 0.190. The Morgan fingerprint density at radius 3 is 2.47 bits per heavy atom. The first-order valence-corrected chi connectivity index (χ1v) is 6.03. The number of hydrogen-bond donors (Lipinski definition) is 1. The topological polar surface area (TPSA) is 72.5 Å². The molecule has 82 valence electrons. The molecule has 0 saturated heterocycles. The molecule has 6 heteroatoms. The molecule has 0 unspecified atom stereocenters.